The van der Waals surface area contributed by atoms with Crippen molar-refractivity contribution < 1.29 is 0 Å². The zero-order valence-corrected chi connectivity index (χ0v) is 10.7. The Balaban J connectivity index is 2.50. The minimum atomic E-state index is 0.832. The summed E-state index contributed by atoms with van der Waals surface area (Å²) in [5.74, 6) is 0.832. The molecule has 0 aliphatic carbocycles. The van der Waals surface area contributed by atoms with Gasteiger partial charge in [-0.1, -0.05) is 23.8 Å². The molecule has 1 aromatic carbocycles. The fourth-order valence-corrected chi connectivity index (χ4v) is 1.96. The van der Waals surface area contributed by atoms with E-state index in [1.807, 2.05) is 14.0 Å². The van der Waals surface area contributed by atoms with Crippen LogP contribution >= 0.6 is 0 Å². The van der Waals surface area contributed by atoms with Crippen molar-refractivity contribution in [2.75, 3.05) is 12.4 Å². The highest BCUT2D eigenvalue weighted by Gasteiger charge is 2.06. The number of rotatable bonds is 2. The van der Waals surface area contributed by atoms with E-state index in [2.05, 4.69) is 53.6 Å². The van der Waals surface area contributed by atoms with Crippen molar-refractivity contribution >= 4 is 5.82 Å². The van der Waals surface area contributed by atoms with Crippen molar-refractivity contribution in [2.24, 2.45) is 0 Å². The molecule has 1 N–H and O–H groups in total. The molecule has 0 spiro atoms. The van der Waals surface area contributed by atoms with Crippen LogP contribution in [0.2, 0.25) is 0 Å². The molecule has 3 heteroatoms. The van der Waals surface area contributed by atoms with Crippen LogP contribution in [-0.2, 0) is 0 Å². The van der Waals surface area contributed by atoms with E-state index in [1.54, 1.807) is 0 Å². The predicted octanol–water partition coefficient (Wildman–Crippen LogP) is 3.11. The Hall–Kier alpha value is -1.90. The van der Waals surface area contributed by atoms with Crippen LogP contribution in [0, 0.1) is 20.8 Å². The van der Waals surface area contributed by atoms with Crippen LogP contribution in [0.5, 0.6) is 0 Å². The molecule has 0 aliphatic heterocycles. The number of hydrogen-bond donors (Lipinski definition) is 1. The summed E-state index contributed by atoms with van der Waals surface area (Å²) in [6.45, 7) is 6.23. The molecular formula is C14H17N3. The summed E-state index contributed by atoms with van der Waals surface area (Å²) in [6.07, 6.45) is 0. The lowest BCUT2D eigenvalue weighted by molar-refractivity contribution is 1.02. The first kappa shape index (κ1) is 11.6. The quantitative estimate of drug-likeness (QED) is 0.856. The number of nitrogens with zero attached hydrogens (tertiary/aromatic N) is 2. The second-order valence-corrected chi connectivity index (χ2v) is 4.33. The number of nitrogens with one attached hydrogen (secondary N) is 1. The van der Waals surface area contributed by atoms with Crippen molar-refractivity contribution in [3.8, 4) is 11.3 Å². The molecule has 0 saturated carbocycles. The van der Waals surface area contributed by atoms with Crippen molar-refractivity contribution in [3.63, 3.8) is 0 Å². The first-order valence-electron chi connectivity index (χ1n) is 5.71. The van der Waals surface area contributed by atoms with Gasteiger partial charge in [-0.05, 0) is 38.0 Å². The van der Waals surface area contributed by atoms with E-state index in [9.17, 15) is 0 Å². The summed E-state index contributed by atoms with van der Waals surface area (Å²) in [6, 6.07) is 8.44. The third-order valence-electron chi connectivity index (χ3n) is 2.88. The van der Waals surface area contributed by atoms with Gasteiger partial charge in [0.1, 0.15) is 0 Å². The summed E-state index contributed by atoms with van der Waals surface area (Å²) < 4.78 is 0. The van der Waals surface area contributed by atoms with E-state index in [4.69, 9.17) is 0 Å². The predicted molar refractivity (Wildman–Crippen MR) is 71.2 cm³/mol. The molecule has 0 saturated heterocycles. The lowest BCUT2D eigenvalue weighted by Crippen LogP contribution is -1.99. The summed E-state index contributed by atoms with van der Waals surface area (Å²) >= 11 is 0. The number of anilines is 1. The van der Waals surface area contributed by atoms with E-state index >= 15 is 0 Å². The maximum absolute atomic E-state index is 4.26. The number of hydrogen-bond acceptors (Lipinski definition) is 3. The molecule has 0 bridgehead atoms. The maximum atomic E-state index is 4.26. The van der Waals surface area contributed by atoms with E-state index < -0.39 is 0 Å². The molecule has 2 aromatic rings. The van der Waals surface area contributed by atoms with Crippen LogP contribution in [0.4, 0.5) is 5.82 Å². The van der Waals surface area contributed by atoms with Gasteiger partial charge in [0.25, 0.3) is 0 Å². The van der Waals surface area contributed by atoms with Crippen molar-refractivity contribution in [1.29, 1.82) is 0 Å². The van der Waals surface area contributed by atoms with Crippen LogP contribution in [-0.4, -0.2) is 17.2 Å². The third-order valence-corrected chi connectivity index (χ3v) is 2.88. The topological polar surface area (TPSA) is 37.8 Å². The monoisotopic (exact) mass is 227 g/mol. The zero-order chi connectivity index (χ0) is 12.4. The summed E-state index contributed by atoms with van der Waals surface area (Å²) in [7, 11) is 1.85. The summed E-state index contributed by atoms with van der Waals surface area (Å²) in [5, 5.41) is 11.5. The molecule has 0 radical (unpaired) electrons. The van der Waals surface area contributed by atoms with Crippen LogP contribution in [0.3, 0.4) is 0 Å². The van der Waals surface area contributed by atoms with Gasteiger partial charge in [-0.2, -0.15) is 0 Å². The number of aromatic nitrogens is 2. The van der Waals surface area contributed by atoms with Gasteiger partial charge in [0.15, 0.2) is 5.82 Å². The van der Waals surface area contributed by atoms with Crippen LogP contribution in [0.25, 0.3) is 11.3 Å². The van der Waals surface area contributed by atoms with Gasteiger partial charge < -0.3 is 5.32 Å². The molecular weight excluding hydrogens is 210 g/mol. The Labute approximate surface area is 102 Å². The molecule has 1 heterocycles. The fourth-order valence-electron chi connectivity index (χ4n) is 1.96. The highest BCUT2D eigenvalue weighted by atomic mass is 15.2. The average Bonchev–Trinajstić information content (AvgIpc) is 2.29. The van der Waals surface area contributed by atoms with Crippen LogP contribution < -0.4 is 5.32 Å². The van der Waals surface area contributed by atoms with Gasteiger partial charge in [0.05, 0.1) is 5.69 Å². The van der Waals surface area contributed by atoms with Gasteiger partial charge >= 0.3 is 0 Å². The average molecular weight is 227 g/mol. The lowest BCUT2D eigenvalue weighted by Gasteiger charge is -2.08. The van der Waals surface area contributed by atoms with Crippen molar-refractivity contribution in [1.82, 2.24) is 10.2 Å². The Morgan fingerprint density at radius 3 is 2.29 bits per heavy atom. The molecule has 88 valence electrons. The normalized spacial score (nSPS) is 10.4. The van der Waals surface area contributed by atoms with Crippen molar-refractivity contribution in [3.05, 3.63) is 41.0 Å². The molecule has 0 fully saturated rings. The van der Waals surface area contributed by atoms with Crippen LogP contribution in [0.15, 0.2) is 24.3 Å². The largest absolute Gasteiger partial charge is 0.371 e. The van der Waals surface area contributed by atoms with Gasteiger partial charge in [-0.25, -0.2) is 0 Å². The molecule has 0 aliphatic rings. The molecule has 0 unspecified atom stereocenters. The first-order valence-corrected chi connectivity index (χ1v) is 5.71. The Morgan fingerprint density at radius 1 is 0.941 bits per heavy atom. The standard InChI is InChI=1S/C14H17N3/c1-9-5-6-12(10(2)7-9)13-8-11(3)14(15-4)17-16-13/h5-8H,1-4H3,(H,15,17). The fraction of sp³-hybridized carbons (Fsp3) is 0.286. The van der Waals surface area contributed by atoms with Crippen LogP contribution in [0.1, 0.15) is 16.7 Å². The van der Waals surface area contributed by atoms with Gasteiger partial charge in [0, 0.05) is 12.6 Å². The second kappa shape index (κ2) is 4.53. The van der Waals surface area contributed by atoms with E-state index in [0.717, 1.165) is 22.6 Å². The molecule has 17 heavy (non-hydrogen) atoms. The smallest absolute Gasteiger partial charge is 0.151 e. The summed E-state index contributed by atoms with van der Waals surface area (Å²) in [4.78, 5) is 0. The molecule has 0 amide bonds. The minimum Gasteiger partial charge on any atom is -0.371 e. The van der Waals surface area contributed by atoms with Gasteiger partial charge in [-0.3, -0.25) is 0 Å². The molecule has 3 nitrogen and oxygen atoms in total. The maximum Gasteiger partial charge on any atom is 0.151 e. The minimum absolute atomic E-state index is 0.832. The van der Waals surface area contributed by atoms with E-state index in [1.165, 1.54) is 11.1 Å². The first-order chi connectivity index (χ1) is 8.11. The highest BCUT2D eigenvalue weighted by molar-refractivity contribution is 5.65. The van der Waals surface area contributed by atoms with Gasteiger partial charge in [-0.15, -0.1) is 10.2 Å². The number of benzene rings is 1. The highest BCUT2D eigenvalue weighted by Crippen LogP contribution is 2.24. The lowest BCUT2D eigenvalue weighted by atomic mass is 10.0. The second-order valence-electron chi connectivity index (χ2n) is 4.33. The molecule has 0 atom stereocenters. The zero-order valence-electron chi connectivity index (χ0n) is 10.7. The molecule has 2 rings (SSSR count). The Bertz CT molecular complexity index is 547. The van der Waals surface area contributed by atoms with Crippen molar-refractivity contribution in [2.45, 2.75) is 20.8 Å². The SMILES string of the molecule is CNc1nnc(-c2ccc(C)cc2C)cc1C. The van der Waals surface area contributed by atoms with E-state index in [0.29, 0.717) is 0 Å². The number of aryl methyl sites for hydroxylation is 3. The molecule has 1 aromatic heterocycles. The van der Waals surface area contributed by atoms with E-state index in [-0.39, 0.29) is 0 Å². The summed E-state index contributed by atoms with van der Waals surface area (Å²) in [5.41, 5.74) is 5.68. The third kappa shape index (κ3) is 2.28. The Morgan fingerprint density at radius 2 is 1.71 bits per heavy atom. The Kier molecular flexibility index (Phi) is 3.09. The van der Waals surface area contributed by atoms with Gasteiger partial charge in [0.2, 0.25) is 0 Å².